The van der Waals surface area contributed by atoms with Crippen molar-refractivity contribution in [3.63, 3.8) is 0 Å². The number of carbonyl (C=O) groups excluding carboxylic acids is 1. The smallest absolute Gasteiger partial charge is 0.259 e. The zero-order valence-corrected chi connectivity index (χ0v) is 16.0. The van der Waals surface area contributed by atoms with Crippen LogP contribution in [0.4, 0.5) is 0 Å². The Labute approximate surface area is 164 Å². The number of hydrogen-bond donors (Lipinski definition) is 1. The molecule has 4 rings (SSSR count). The molecule has 144 valence electrons. The Hall–Kier alpha value is -2.92. The van der Waals surface area contributed by atoms with E-state index in [0.29, 0.717) is 22.9 Å². The van der Waals surface area contributed by atoms with E-state index in [-0.39, 0.29) is 12.5 Å². The monoisotopic (exact) mass is 376 g/mol. The molecule has 1 amide bonds. The molecule has 1 aliphatic heterocycles. The van der Waals surface area contributed by atoms with Gasteiger partial charge in [-0.15, -0.1) is 0 Å². The molecule has 28 heavy (non-hydrogen) atoms. The van der Waals surface area contributed by atoms with Crippen LogP contribution in [-0.4, -0.2) is 34.2 Å². The van der Waals surface area contributed by atoms with Crippen molar-refractivity contribution >= 4 is 5.91 Å². The summed E-state index contributed by atoms with van der Waals surface area (Å²) in [4.78, 5) is 15.1. The maximum absolute atomic E-state index is 13.2. The largest absolute Gasteiger partial charge is 0.392 e. The van der Waals surface area contributed by atoms with Gasteiger partial charge in [0.25, 0.3) is 5.91 Å². The van der Waals surface area contributed by atoms with E-state index in [1.165, 1.54) is 5.56 Å². The Morgan fingerprint density at radius 3 is 2.75 bits per heavy atom. The van der Waals surface area contributed by atoms with Gasteiger partial charge in [0.2, 0.25) is 0 Å². The molecule has 0 aliphatic carbocycles. The Kier molecular flexibility index (Phi) is 5.26. The summed E-state index contributed by atoms with van der Waals surface area (Å²) in [6, 6.07) is 17.7. The third-order valence-electron chi connectivity index (χ3n) is 5.40. The molecule has 1 saturated heterocycles. The first-order chi connectivity index (χ1) is 13.7. The second-order valence-corrected chi connectivity index (χ2v) is 7.42. The van der Waals surface area contributed by atoms with E-state index in [1.807, 2.05) is 53.4 Å². The molecule has 0 saturated carbocycles. The fraction of sp³-hybridized carbons (Fsp3) is 0.304. The standard InChI is InChI=1S/C23H24N2O3/c1-16-21(22(24-28-16)20-8-3-2-4-9-20)23(27)25-11-10-18(14-25)12-17-6-5-7-19(13-17)15-26/h2-9,13,18,26H,10-12,14-15H2,1H3/t18-/m1/s1. The van der Waals surface area contributed by atoms with Crippen LogP contribution in [0.15, 0.2) is 59.1 Å². The summed E-state index contributed by atoms with van der Waals surface area (Å²) in [5, 5.41) is 13.5. The number of aliphatic hydroxyl groups is 1. The van der Waals surface area contributed by atoms with Gasteiger partial charge in [-0.05, 0) is 36.8 Å². The first-order valence-corrected chi connectivity index (χ1v) is 9.65. The maximum atomic E-state index is 13.2. The Bertz CT molecular complexity index is 965. The summed E-state index contributed by atoms with van der Waals surface area (Å²) in [7, 11) is 0. The highest BCUT2D eigenvalue weighted by molar-refractivity contribution is 6.00. The van der Waals surface area contributed by atoms with Crippen LogP contribution in [0, 0.1) is 12.8 Å². The number of carbonyl (C=O) groups is 1. The summed E-state index contributed by atoms with van der Waals surface area (Å²) in [6.45, 7) is 3.31. The van der Waals surface area contributed by atoms with Gasteiger partial charge in [-0.25, -0.2) is 0 Å². The van der Waals surface area contributed by atoms with E-state index in [2.05, 4.69) is 11.2 Å². The lowest BCUT2D eigenvalue weighted by Crippen LogP contribution is -2.29. The molecule has 0 bridgehead atoms. The quantitative estimate of drug-likeness (QED) is 0.735. The second-order valence-electron chi connectivity index (χ2n) is 7.42. The van der Waals surface area contributed by atoms with Gasteiger partial charge in [0.1, 0.15) is 17.0 Å². The molecule has 2 heterocycles. The number of rotatable bonds is 5. The number of amides is 1. The number of nitrogens with zero attached hydrogens (tertiary/aromatic N) is 2. The van der Waals surface area contributed by atoms with Crippen LogP contribution in [-0.2, 0) is 13.0 Å². The highest BCUT2D eigenvalue weighted by atomic mass is 16.5. The zero-order valence-electron chi connectivity index (χ0n) is 16.0. The van der Waals surface area contributed by atoms with Gasteiger partial charge in [0.05, 0.1) is 6.61 Å². The van der Waals surface area contributed by atoms with Crippen molar-refractivity contribution in [3.05, 3.63) is 77.0 Å². The fourth-order valence-corrected chi connectivity index (χ4v) is 3.95. The van der Waals surface area contributed by atoms with E-state index >= 15 is 0 Å². The maximum Gasteiger partial charge on any atom is 0.259 e. The van der Waals surface area contributed by atoms with Crippen molar-refractivity contribution in [1.82, 2.24) is 10.1 Å². The van der Waals surface area contributed by atoms with E-state index in [9.17, 15) is 9.90 Å². The molecule has 5 heteroatoms. The lowest BCUT2D eigenvalue weighted by molar-refractivity contribution is 0.0786. The molecular weight excluding hydrogens is 352 g/mol. The van der Waals surface area contributed by atoms with Gasteiger partial charge in [0, 0.05) is 18.7 Å². The minimum absolute atomic E-state index is 0.00999. The summed E-state index contributed by atoms with van der Waals surface area (Å²) in [5.74, 6) is 0.963. The topological polar surface area (TPSA) is 66.6 Å². The van der Waals surface area contributed by atoms with Gasteiger partial charge in [-0.3, -0.25) is 4.79 Å². The van der Waals surface area contributed by atoms with Crippen molar-refractivity contribution in [2.45, 2.75) is 26.4 Å². The Balaban J connectivity index is 1.49. The number of hydrogen-bond acceptors (Lipinski definition) is 4. The van der Waals surface area contributed by atoms with Gasteiger partial charge >= 0.3 is 0 Å². The fourth-order valence-electron chi connectivity index (χ4n) is 3.95. The summed E-state index contributed by atoms with van der Waals surface area (Å²) in [5.41, 5.74) is 4.20. The third-order valence-corrected chi connectivity index (χ3v) is 5.40. The summed E-state index contributed by atoms with van der Waals surface area (Å²) in [6.07, 6.45) is 1.88. The molecular formula is C23H24N2O3. The van der Waals surface area contributed by atoms with Crippen LogP contribution in [0.5, 0.6) is 0 Å². The molecule has 1 N–H and O–H groups in total. The molecule has 5 nitrogen and oxygen atoms in total. The second kappa shape index (κ2) is 7.98. The summed E-state index contributed by atoms with van der Waals surface area (Å²) < 4.78 is 5.36. The normalized spacial score (nSPS) is 16.5. The molecule has 1 aromatic heterocycles. The number of aliphatic hydroxyl groups excluding tert-OH is 1. The molecule has 0 radical (unpaired) electrons. The number of likely N-dealkylation sites (tertiary alicyclic amines) is 1. The highest BCUT2D eigenvalue weighted by Crippen LogP contribution is 2.29. The number of aryl methyl sites for hydroxylation is 1. The summed E-state index contributed by atoms with van der Waals surface area (Å²) >= 11 is 0. The van der Waals surface area contributed by atoms with Crippen molar-refractivity contribution < 1.29 is 14.4 Å². The average molecular weight is 376 g/mol. The van der Waals surface area contributed by atoms with Gasteiger partial charge < -0.3 is 14.5 Å². The van der Waals surface area contributed by atoms with E-state index in [1.54, 1.807) is 6.92 Å². The van der Waals surface area contributed by atoms with Crippen LogP contribution >= 0.6 is 0 Å². The predicted molar refractivity (Wildman–Crippen MR) is 107 cm³/mol. The van der Waals surface area contributed by atoms with E-state index < -0.39 is 0 Å². The predicted octanol–water partition coefficient (Wildman–Crippen LogP) is 3.85. The average Bonchev–Trinajstić information content (AvgIpc) is 3.35. The van der Waals surface area contributed by atoms with Gasteiger partial charge in [0.15, 0.2) is 0 Å². The van der Waals surface area contributed by atoms with Crippen molar-refractivity contribution in [1.29, 1.82) is 0 Å². The molecule has 2 aromatic carbocycles. The third kappa shape index (κ3) is 3.71. The van der Waals surface area contributed by atoms with Crippen LogP contribution in [0.1, 0.15) is 33.7 Å². The molecule has 1 fully saturated rings. The highest BCUT2D eigenvalue weighted by Gasteiger charge is 2.31. The number of aromatic nitrogens is 1. The van der Waals surface area contributed by atoms with Crippen molar-refractivity contribution in [3.8, 4) is 11.3 Å². The van der Waals surface area contributed by atoms with Gasteiger partial charge in [-0.1, -0.05) is 59.8 Å². The number of benzene rings is 2. The van der Waals surface area contributed by atoms with Gasteiger partial charge in [-0.2, -0.15) is 0 Å². The molecule has 0 unspecified atom stereocenters. The SMILES string of the molecule is Cc1onc(-c2ccccc2)c1C(=O)N1CC[C@H](Cc2cccc(CO)c2)C1. The van der Waals surface area contributed by atoms with Crippen LogP contribution in [0.3, 0.4) is 0 Å². The Morgan fingerprint density at radius 1 is 1.18 bits per heavy atom. The molecule has 1 atom stereocenters. The van der Waals surface area contributed by atoms with Crippen LogP contribution in [0.2, 0.25) is 0 Å². The van der Waals surface area contributed by atoms with Crippen molar-refractivity contribution in [2.75, 3.05) is 13.1 Å². The molecule has 3 aromatic rings. The minimum Gasteiger partial charge on any atom is -0.392 e. The van der Waals surface area contributed by atoms with Crippen LogP contribution in [0.25, 0.3) is 11.3 Å². The zero-order chi connectivity index (χ0) is 19.5. The lowest BCUT2D eigenvalue weighted by Gasteiger charge is -2.17. The Morgan fingerprint density at radius 2 is 1.96 bits per heavy atom. The van der Waals surface area contributed by atoms with Crippen molar-refractivity contribution in [2.24, 2.45) is 5.92 Å². The molecule has 1 aliphatic rings. The van der Waals surface area contributed by atoms with E-state index in [0.717, 1.165) is 37.1 Å². The van der Waals surface area contributed by atoms with Crippen LogP contribution < -0.4 is 0 Å². The van der Waals surface area contributed by atoms with E-state index in [4.69, 9.17) is 4.52 Å². The first-order valence-electron chi connectivity index (χ1n) is 9.65. The lowest BCUT2D eigenvalue weighted by atomic mass is 9.97. The minimum atomic E-state index is -0.00999. The molecule has 0 spiro atoms. The first kappa shape index (κ1) is 18.4.